The Hall–Kier alpha value is -1.70. The van der Waals surface area contributed by atoms with Gasteiger partial charge in [-0.3, -0.25) is 4.79 Å². The summed E-state index contributed by atoms with van der Waals surface area (Å²) in [5, 5.41) is 7.90. The molecule has 0 aliphatic carbocycles. The number of rotatable bonds is 3. The lowest BCUT2D eigenvalue weighted by Gasteiger charge is -2.08. The van der Waals surface area contributed by atoms with E-state index in [0.717, 1.165) is 22.5 Å². The molecule has 1 aromatic heterocycles. The van der Waals surface area contributed by atoms with Crippen LogP contribution in [0, 0.1) is 20.8 Å². The molecular weight excluding hydrogens is 308 g/mol. The Bertz CT molecular complexity index is 808. The molecule has 2 rings (SSSR count). The zero-order chi connectivity index (χ0) is 15.8. The van der Waals surface area contributed by atoms with Crippen molar-refractivity contribution in [2.75, 3.05) is 5.32 Å². The van der Waals surface area contributed by atoms with Crippen LogP contribution >= 0.6 is 11.3 Å². The van der Waals surface area contributed by atoms with Crippen molar-refractivity contribution in [3.63, 3.8) is 0 Å². The van der Waals surface area contributed by atoms with E-state index < -0.39 is 10.0 Å². The largest absolute Gasteiger partial charge is 0.321 e. The van der Waals surface area contributed by atoms with Crippen LogP contribution in [0.5, 0.6) is 0 Å². The van der Waals surface area contributed by atoms with Crippen LogP contribution in [0.15, 0.2) is 28.5 Å². The normalized spacial score (nSPS) is 11.4. The van der Waals surface area contributed by atoms with Crippen molar-refractivity contribution in [3.05, 3.63) is 45.8 Å². The van der Waals surface area contributed by atoms with E-state index in [1.807, 2.05) is 32.0 Å². The molecular formula is C14H16N2O3S2. The summed E-state index contributed by atoms with van der Waals surface area (Å²) in [7, 11) is -3.79. The average molecular weight is 324 g/mol. The van der Waals surface area contributed by atoms with Gasteiger partial charge in [-0.25, -0.2) is 13.6 Å². The fourth-order valence-corrected chi connectivity index (χ4v) is 3.72. The number of amides is 1. The summed E-state index contributed by atoms with van der Waals surface area (Å²) < 4.78 is 22.7. The first kappa shape index (κ1) is 15.7. The van der Waals surface area contributed by atoms with Gasteiger partial charge in [0.25, 0.3) is 5.91 Å². The number of nitrogens with one attached hydrogen (secondary N) is 1. The summed E-state index contributed by atoms with van der Waals surface area (Å²) in [6.07, 6.45) is 0. The van der Waals surface area contributed by atoms with E-state index in [2.05, 4.69) is 5.32 Å². The second kappa shape index (κ2) is 5.59. The van der Waals surface area contributed by atoms with Gasteiger partial charge in [-0.2, -0.15) is 0 Å². The molecule has 0 bridgehead atoms. The molecule has 5 nitrogen and oxygen atoms in total. The Balaban J connectivity index is 2.33. The predicted molar refractivity (Wildman–Crippen MR) is 84.3 cm³/mol. The molecule has 0 unspecified atom stereocenters. The summed E-state index contributed by atoms with van der Waals surface area (Å²) in [6, 6.07) is 7.16. The number of nitrogens with two attached hydrogens (primary N) is 1. The third kappa shape index (κ3) is 3.49. The van der Waals surface area contributed by atoms with Crippen molar-refractivity contribution in [2.45, 2.75) is 25.0 Å². The second-order valence-electron chi connectivity index (χ2n) is 4.90. The molecule has 0 saturated heterocycles. The third-order valence-corrected chi connectivity index (χ3v) is 5.68. The predicted octanol–water partition coefficient (Wildman–Crippen LogP) is 2.57. The first-order valence-corrected chi connectivity index (χ1v) is 8.56. The number of carbonyl (C=O) groups excluding carboxylic acids is 1. The van der Waals surface area contributed by atoms with Gasteiger partial charge in [0.1, 0.15) is 4.21 Å². The van der Waals surface area contributed by atoms with Gasteiger partial charge in [-0.05, 0) is 49.6 Å². The van der Waals surface area contributed by atoms with Crippen molar-refractivity contribution in [1.29, 1.82) is 0 Å². The highest BCUT2D eigenvalue weighted by Crippen LogP contribution is 2.26. The fraction of sp³-hybridized carbons (Fsp3) is 0.214. The fourth-order valence-electron chi connectivity index (χ4n) is 1.87. The molecule has 7 heteroatoms. The van der Waals surface area contributed by atoms with Crippen molar-refractivity contribution in [1.82, 2.24) is 0 Å². The lowest BCUT2D eigenvalue weighted by molar-refractivity contribution is 0.103. The van der Waals surface area contributed by atoms with Crippen molar-refractivity contribution < 1.29 is 13.2 Å². The molecule has 3 N–H and O–H groups in total. The van der Waals surface area contributed by atoms with Gasteiger partial charge in [0.05, 0.1) is 4.88 Å². The molecule has 1 amide bonds. The van der Waals surface area contributed by atoms with Crippen LogP contribution < -0.4 is 10.5 Å². The smallest absolute Gasteiger partial charge is 0.266 e. The van der Waals surface area contributed by atoms with Crippen LogP contribution in [-0.2, 0) is 10.0 Å². The van der Waals surface area contributed by atoms with Gasteiger partial charge in [0.2, 0.25) is 10.0 Å². The number of carbonyl (C=O) groups is 1. The minimum absolute atomic E-state index is 0.00823. The molecule has 112 valence electrons. The number of benzene rings is 1. The summed E-state index contributed by atoms with van der Waals surface area (Å²) >= 11 is 0.879. The lowest BCUT2D eigenvalue weighted by atomic mass is 10.1. The third-order valence-electron chi connectivity index (χ3n) is 3.02. The van der Waals surface area contributed by atoms with E-state index in [-0.39, 0.29) is 10.1 Å². The van der Waals surface area contributed by atoms with Crippen LogP contribution in [0.1, 0.15) is 26.4 Å². The minimum Gasteiger partial charge on any atom is -0.321 e. The maximum atomic E-state index is 12.3. The van der Waals surface area contributed by atoms with Crippen molar-refractivity contribution in [3.8, 4) is 0 Å². The van der Waals surface area contributed by atoms with E-state index >= 15 is 0 Å². The second-order valence-corrected chi connectivity index (χ2v) is 7.74. The molecule has 2 aromatic rings. The number of hydrogen-bond donors (Lipinski definition) is 2. The van der Waals surface area contributed by atoms with Gasteiger partial charge in [0, 0.05) is 5.69 Å². The zero-order valence-corrected chi connectivity index (χ0v) is 13.6. The van der Waals surface area contributed by atoms with Crippen molar-refractivity contribution in [2.24, 2.45) is 5.14 Å². The average Bonchev–Trinajstić information content (AvgIpc) is 2.76. The molecule has 0 fully saturated rings. The molecule has 0 saturated carbocycles. The van der Waals surface area contributed by atoms with Gasteiger partial charge in [-0.1, -0.05) is 12.1 Å². The maximum Gasteiger partial charge on any atom is 0.266 e. The first-order valence-electron chi connectivity index (χ1n) is 6.20. The molecule has 1 heterocycles. The van der Waals surface area contributed by atoms with E-state index in [9.17, 15) is 13.2 Å². The topological polar surface area (TPSA) is 89.3 Å². The van der Waals surface area contributed by atoms with E-state index in [0.29, 0.717) is 16.1 Å². The van der Waals surface area contributed by atoms with Crippen LogP contribution in [-0.4, -0.2) is 14.3 Å². The number of hydrogen-bond acceptors (Lipinski definition) is 4. The SMILES string of the molecule is Cc1ccc(C)c(NC(=O)c2sc(S(N)(=O)=O)cc2C)c1. The molecule has 0 spiro atoms. The summed E-state index contributed by atoms with van der Waals surface area (Å²) in [5.74, 6) is -0.332. The first-order chi connectivity index (χ1) is 9.68. The molecule has 0 aliphatic heterocycles. The standard InChI is InChI=1S/C14H16N2O3S2/c1-8-4-5-9(2)11(6-8)16-14(17)13-10(3)7-12(20-13)21(15,18)19/h4-7H,1-3H3,(H,16,17)(H2,15,18,19). The molecule has 1 aromatic carbocycles. The highest BCUT2D eigenvalue weighted by atomic mass is 32.2. The van der Waals surface area contributed by atoms with Gasteiger partial charge in [0.15, 0.2) is 0 Å². The number of anilines is 1. The van der Waals surface area contributed by atoms with Crippen molar-refractivity contribution >= 4 is 33.0 Å². The highest BCUT2D eigenvalue weighted by Gasteiger charge is 2.19. The molecule has 0 radical (unpaired) electrons. The lowest BCUT2D eigenvalue weighted by Crippen LogP contribution is -2.12. The van der Waals surface area contributed by atoms with Crippen LogP contribution in [0.4, 0.5) is 5.69 Å². The Morgan fingerprint density at radius 3 is 2.38 bits per heavy atom. The number of sulfonamides is 1. The quantitative estimate of drug-likeness (QED) is 0.909. The summed E-state index contributed by atoms with van der Waals surface area (Å²) in [5.41, 5.74) is 3.27. The number of thiophene rings is 1. The van der Waals surface area contributed by atoms with Crippen LogP contribution in [0.2, 0.25) is 0 Å². The van der Waals surface area contributed by atoms with E-state index in [1.54, 1.807) is 6.92 Å². The summed E-state index contributed by atoms with van der Waals surface area (Å²) in [6.45, 7) is 5.51. The number of aryl methyl sites for hydroxylation is 3. The van der Waals surface area contributed by atoms with Crippen LogP contribution in [0.25, 0.3) is 0 Å². The Kier molecular flexibility index (Phi) is 4.18. The monoisotopic (exact) mass is 324 g/mol. The highest BCUT2D eigenvalue weighted by molar-refractivity contribution is 7.91. The Morgan fingerprint density at radius 1 is 1.14 bits per heavy atom. The van der Waals surface area contributed by atoms with Gasteiger partial charge in [-0.15, -0.1) is 11.3 Å². The maximum absolute atomic E-state index is 12.3. The molecule has 0 aliphatic rings. The zero-order valence-electron chi connectivity index (χ0n) is 11.9. The van der Waals surface area contributed by atoms with Crippen LogP contribution in [0.3, 0.4) is 0 Å². The molecule has 21 heavy (non-hydrogen) atoms. The van der Waals surface area contributed by atoms with E-state index in [4.69, 9.17) is 5.14 Å². The molecule has 0 atom stereocenters. The van der Waals surface area contributed by atoms with Gasteiger partial charge >= 0.3 is 0 Å². The Morgan fingerprint density at radius 2 is 1.81 bits per heavy atom. The van der Waals surface area contributed by atoms with Gasteiger partial charge < -0.3 is 5.32 Å². The minimum atomic E-state index is -3.79. The number of primary sulfonamides is 1. The Labute approximate surface area is 127 Å². The van der Waals surface area contributed by atoms with E-state index in [1.165, 1.54) is 6.07 Å². The summed E-state index contributed by atoms with van der Waals surface area (Å²) in [4.78, 5) is 12.6.